The maximum Gasteiger partial charge on any atom is 0.188 e. The average Bonchev–Trinajstić information content (AvgIpc) is 3.00. The number of sulfone groups is 1. The highest BCUT2D eigenvalue weighted by Gasteiger charge is 2.29. The van der Waals surface area contributed by atoms with Gasteiger partial charge >= 0.3 is 0 Å². The van der Waals surface area contributed by atoms with E-state index in [1.165, 1.54) is 6.26 Å². The third-order valence-electron chi connectivity index (χ3n) is 4.05. The highest BCUT2D eigenvalue weighted by Crippen LogP contribution is 2.32. The van der Waals surface area contributed by atoms with Crippen LogP contribution in [0.5, 0.6) is 5.75 Å². The first-order valence-corrected chi connectivity index (χ1v) is 10.1. The second-order valence-corrected chi connectivity index (χ2v) is 8.92. The van der Waals surface area contributed by atoms with E-state index in [1.807, 2.05) is 12.1 Å². The molecule has 0 amide bonds. The van der Waals surface area contributed by atoms with Crippen molar-refractivity contribution in [1.29, 1.82) is 0 Å². The van der Waals surface area contributed by atoms with E-state index in [9.17, 15) is 13.5 Å². The molecule has 1 aromatic carbocycles. The van der Waals surface area contributed by atoms with Crippen LogP contribution in [0.4, 0.5) is 0 Å². The lowest BCUT2D eigenvalue weighted by Crippen LogP contribution is -2.34. The minimum Gasteiger partial charge on any atom is -0.508 e. The van der Waals surface area contributed by atoms with Gasteiger partial charge in [-0.05, 0) is 37.1 Å². The van der Waals surface area contributed by atoms with E-state index in [-0.39, 0.29) is 11.7 Å². The predicted molar refractivity (Wildman–Crippen MR) is 88.4 cm³/mol. The third-order valence-corrected chi connectivity index (χ3v) is 6.61. The molecule has 0 radical (unpaired) electrons. The number of aromatic nitrogens is 2. The van der Waals surface area contributed by atoms with E-state index in [4.69, 9.17) is 0 Å². The Labute approximate surface area is 139 Å². The molecule has 2 aromatic rings. The molecule has 3 rings (SSSR count). The zero-order valence-corrected chi connectivity index (χ0v) is 14.5. The van der Waals surface area contributed by atoms with E-state index in [2.05, 4.69) is 14.5 Å². The molecule has 0 bridgehead atoms. The van der Waals surface area contributed by atoms with Gasteiger partial charge in [0.2, 0.25) is 0 Å². The van der Waals surface area contributed by atoms with Crippen LogP contribution in [0.3, 0.4) is 0 Å². The molecule has 0 aliphatic carbocycles. The van der Waals surface area contributed by atoms with Crippen LogP contribution in [0.25, 0.3) is 0 Å². The Morgan fingerprint density at radius 1 is 1.35 bits per heavy atom. The molecule has 1 aliphatic rings. The minimum absolute atomic E-state index is 0.101. The van der Waals surface area contributed by atoms with Gasteiger partial charge in [-0.15, -0.1) is 5.10 Å². The summed E-state index contributed by atoms with van der Waals surface area (Å²) in [6, 6.07) is 7.18. The van der Waals surface area contributed by atoms with Gasteiger partial charge < -0.3 is 5.11 Å². The Balaban J connectivity index is 1.74. The molecule has 1 aliphatic heterocycles. The lowest BCUT2D eigenvalue weighted by Gasteiger charge is -2.32. The number of phenolic OH excluding ortho intramolecular Hbond substituents is 1. The van der Waals surface area contributed by atoms with Crippen molar-refractivity contribution >= 4 is 21.4 Å². The Hall–Kier alpha value is -1.51. The van der Waals surface area contributed by atoms with Gasteiger partial charge in [-0.3, -0.25) is 4.90 Å². The van der Waals surface area contributed by atoms with Gasteiger partial charge in [0.1, 0.15) is 5.75 Å². The van der Waals surface area contributed by atoms with Gasteiger partial charge in [-0.1, -0.05) is 16.6 Å². The number of nitrogens with zero attached hydrogens (tertiary/aromatic N) is 3. The van der Waals surface area contributed by atoms with E-state index in [0.717, 1.165) is 49.6 Å². The van der Waals surface area contributed by atoms with Crippen LogP contribution in [-0.4, -0.2) is 47.4 Å². The Morgan fingerprint density at radius 2 is 2.09 bits per heavy atom. The molecule has 6 nitrogen and oxygen atoms in total. The molecule has 1 fully saturated rings. The quantitative estimate of drug-likeness (QED) is 0.905. The zero-order chi connectivity index (χ0) is 16.4. The number of hydrogen-bond donors (Lipinski definition) is 1. The Morgan fingerprint density at radius 3 is 2.78 bits per heavy atom. The molecule has 2 heterocycles. The van der Waals surface area contributed by atoms with Crippen molar-refractivity contribution in [2.75, 3.05) is 19.3 Å². The largest absolute Gasteiger partial charge is 0.508 e. The summed E-state index contributed by atoms with van der Waals surface area (Å²) in [5.74, 6) is 0.362. The summed E-state index contributed by atoms with van der Waals surface area (Å²) in [6.07, 6.45) is 3.15. The number of rotatable bonds is 4. The summed E-state index contributed by atoms with van der Waals surface area (Å²) < 4.78 is 27.9. The average molecular weight is 353 g/mol. The van der Waals surface area contributed by atoms with Crippen LogP contribution in [0, 0.1) is 0 Å². The molecule has 1 aromatic heterocycles. The fourth-order valence-electron chi connectivity index (χ4n) is 2.98. The van der Waals surface area contributed by atoms with E-state index in [1.54, 1.807) is 12.1 Å². The number of hydrogen-bond acceptors (Lipinski definition) is 7. The predicted octanol–water partition coefficient (Wildman–Crippen LogP) is 2.03. The SMILES string of the molecule is CS(=O)(=O)c1snnc1[C@H]1CCCN(Cc2ccc(O)cc2)C1. The summed E-state index contributed by atoms with van der Waals surface area (Å²) >= 11 is 0.962. The van der Waals surface area contributed by atoms with Crippen molar-refractivity contribution < 1.29 is 13.5 Å². The van der Waals surface area contributed by atoms with Crippen LogP contribution in [-0.2, 0) is 16.4 Å². The maximum atomic E-state index is 11.9. The lowest BCUT2D eigenvalue weighted by atomic mass is 9.95. The number of aromatic hydroxyl groups is 1. The lowest BCUT2D eigenvalue weighted by molar-refractivity contribution is 0.197. The molecular formula is C15H19N3O3S2. The van der Waals surface area contributed by atoms with E-state index >= 15 is 0 Å². The van der Waals surface area contributed by atoms with Gasteiger partial charge in [0, 0.05) is 36.8 Å². The first-order valence-electron chi connectivity index (χ1n) is 7.46. The first-order chi connectivity index (χ1) is 10.9. The summed E-state index contributed by atoms with van der Waals surface area (Å²) in [7, 11) is -3.27. The van der Waals surface area contributed by atoms with Crippen molar-refractivity contribution in [2.24, 2.45) is 0 Å². The van der Waals surface area contributed by atoms with Crippen molar-refractivity contribution in [3.8, 4) is 5.75 Å². The standard InChI is InChI=1S/C15H19N3O3S2/c1-23(20,21)15-14(16-17-22-15)12-3-2-8-18(10-12)9-11-4-6-13(19)7-5-11/h4-7,12,19H,2-3,8-10H2,1H3/t12-/m0/s1. The summed E-state index contributed by atoms with van der Waals surface area (Å²) in [6.45, 7) is 2.53. The van der Waals surface area contributed by atoms with Crippen LogP contribution in [0.2, 0.25) is 0 Å². The smallest absolute Gasteiger partial charge is 0.188 e. The maximum absolute atomic E-state index is 11.9. The normalized spacial score (nSPS) is 19.8. The summed E-state index contributed by atoms with van der Waals surface area (Å²) in [5.41, 5.74) is 1.75. The first kappa shape index (κ1) is 16.4. The molecule has 0 unspecified atom stereocenters. The zero-order valence-electron chi connectivity index (χ0n) is 12.8. The molecule has 124 valence electrons. The van der Waals surface area contributed by atoms with Gasteiger partial charge in [0.15, 0.2) is 14.0 Å². The van der Waals surface area contributed by atoms with Crippen molar-refractivity contribution in [3.05, 3.63) is 35.5 Å². The molecule has 0 spiro atoms. The van der Waals surface area contributed by atoms with Gasteiger partial charge in [-0.25, -0.2) is 8.42 Å². The Kier molecular flexibility index (Phi) is 4.65. The van der Waals surface area contributed by atoms with Gasteiger partial charge in [-0.2, -0.15) is 0 Å². The van der Waals surface area contributed by atoms with Gasteiger partial charge in [0.25, 0.3) is 0 Å². The van der Waals surface area contributed by atoms with Crippen LogP contribution < -0.4 is 0 Å². The number of piperidine rings is 1. The van der Waals surface area contributed by atoms with E-state index < -0.39 is 9.84 Å². The van der Waals surface area contributed by atoms with Crippen LogP contribution in [0.15, 0.2) is 28.5 Å². The topological polar surface area (TPSA) is 83.4 Å². The minimum atomic E-state index is -3.27. The molecule has 8 heteroatoms. The molecule has 0 saturated carbocycles. The van der Waals surface area contributed by atoms with Crippen molar-refractivity contribution in [1.82, 2.24) is 14.5 Å². The molecule has 1 atom stereocenters. The van der Waals surface area contributed by atoms with Crippen LogP contribution >= 0.6 is 11.5 Å². The second kappa shape index (κ2) is 6.54. The molecule has 23 heavy (non-hydrogen) atoms. The molecular weight excluding hydrogens is 334 g/mol. The third kappa shape index (κ3) is 3.88. The fraction of sp³-hybridized carbons (Fsp3) is 0.467. The highest BCUT2D eigenvalue weighted by molar-refractivity contribution is 7.92. The van der Waals surface area contributed by atoms with E-state index in [0.29, 0.717) is 9.90 Å². The summed E-state index contributed by atoms with van der Waals surface area (Å²) in [5, 5.41) is 13.4. The summed E-state index contributed by atoms with van der Waals surface area (Å²) in [4.78, 5) is 2.30. The van der Waals surface area contributed by atoms with Gasteiger partial charge in [0.05, 0.1) is 5.69 Å². The van der Waals surface area contributed by atoms with Crippen molar-refractivity contribution in [2.45, 2.75) is 29.5 Å². The highest BCUT2D eigenvalue weighted by atomic mass is 32.2. The fourth-order valence-corrected chi connectivity index (χ4v) is 4.71. The molecule has 1 saturated heterocycles. The number of likely N-dealkylation sites (tertiary alicyclic amines) is 1. The Bertz CT molecular complexity index is 772. The van der Waals surface area contributed by atoms with Crippen LogP contribution in [0.1, 0.15) is 30.0 Å². The number of phenols is 1. The van der Waals surface area contributed by atoms with Crippen molar-refractivity contribution in [3.63, 3.8) is 0 Å². The number of benzene rings is 1. The monoisotopic (exact) mass is 353 g/mol. The second-order valence-electron chi connectivity index (χ2n) is 5.96. The molecule has 1 N–H and O–H groups in total.